The van der Waals surface area contributed by atoms with E-state index in [1.54, 1.807) is 33.9 Å². The first-order chi connectivity index (χ1) is 16.5. The summed E-state index contributed by atoms with van der Waals surface area (Å²) in [6.45, 7) is 0.269. The Balaban J connectivity index is 1.22. The van der Waals surface area contributed by atoms with Gasteiger partial charge in [0, 0.05) is 24.3 Å². The Morgan fingerprint density at radius 3 is 2.82 bits per heavy atom. The van der Waals surface area contributed by atoms with E-state index in [4.69, 9.17) is 19.3 Å². The number of Topliss-reactive ketones (excluding diaryl/α,β-unsaturated/α-hetero) is 1. The van der Waals surface area contributed by atoms with Crippen molar-refractivity contribution in [2.75, 3.05) is 6.79 Å². The molecule has 0 spiro atoms. The van der Waals surface area contributed by atoms with Gasteiger partial charge in [0.05, 0.1) is 35.6 Å². The SMILES string of the molecule is O=C(NCc1cn(-c2ccc3c(c2)OCO3)nn1)[C@@H](CC(=O)[C@H]1O[C@@H]1C(=O)O)Cc1cscn1. The van der Waals surface area contributed by atoms with Crippen LogP contribution in [0.5, 0.6) is 11.5 Å². The lowest BCUT2D eigenvalue weighted by Crippen LogP contribution is -2.34. The third-order valence-electron chi connectivity index (χ3n) is 5.41. The number of epoxide rings is 1. The molecule has 0 radical (unpaired) electrons. The van der Waals surface area contributed by atoms with Gasteiger partial charge in [0.1, 0.15) is 5.69 Å². The smallest absolute Gasteiger partial charge is 0.336 e. The second kappa shape index (κ2) is 9.19. The Kier molecular flexibility index (Phi) is 5.94. The highest BCUT2D eigenvalue weighted by molar-refractivity contribution is 7.07. The fourth-order valence-corrected chi connectivity index (χ4v) is 4.18. The molecule has 5 rings (SSSR count). The van der Waals surface area contributed by atoms with Crippen LogP contribution in [0.3, 0.4) is 0 Å². The topological polar surface area (TPSA) is 158 Å². The zero-order chi connectivity index (χ0) is 23.7. The van der Waals surface area contributed by atoms with Crippen LogP contribution in [0.4, 0.5) is 0 Å². The number of ether oxygens (including phenoxy) is 3. The lowest BCUT2D eigenvalue weighted by atomic mass is 9.94. The average molecular weight is 485 g/mol. The van der Waals surface area contributed by atoms with Crippen molar-refractivity contribution in [2.24, 2.45) is 5.92 Å². The summed E-state index contributed by atoms with van der Waals surface area (Å²) in [6, 6.07) is 5.36. The van der Waals surface area contributed by atoms with E-state index >= 15 is 0 Å². The molecule has 3 aromatic rings. The van der Waals surface area contributed by atoms with Gasteiger partial charge in [-0.25, -0.2) is 14.5 Å². The van der Waals surface area contributed by atoms with Gasteiger partial charge in [-0.1, -0.05) is 5.21 Å². The maximum Gasteiger partial charge on any atom is 0.336 e. The van der Waals surface area contributed by atoms with Crippen LogP contribution in [-0.2, 0) is 32.1 Å². The molecule has 1 fully saturated rings. The molecule has 2 aliphatic rings. The zero-order valence-corrected chi connectivity index (χ0v) is 18.4. The molecule has 0 bridgehead atoms. The standard InChI is InChI=1S/C21H19N5O7S/c27-15(18-19(33-18)21(29)30)4-11(3-12-8-34-9-23-12)20(28)22-6-13-7-26(25-24-13)14-1-2-16-17(5-14)32-10-31-16/h1-2,5,7-9,11,18-19H,3-4,6,10H2,(H,22,28)(H,29,30)/t11-,18-,19+/m1/s1. The first-order valence-electron chi connectivity index (χ1n) is 10.3. The number of rotatable bonds is 10. The number of benzene rings is 1. The Morgan fingerprint density at radius 1 is 1.21 bits per heavy atom. The van der Waals surface area contributed by atoms with Gasteiger partial charge in [-0.05, 0) is 12.1 Å². The second-order valence-corrected chi connectivity index (χ2v) is 8.50. The monoisotopic (exact) mass is 485 g/mol. The molecule has 1 saturated heterocycles. The molecule has 2 N–H and O–H groups in total. The van der Waals surface area contributed by atoms with Gasteiger partial charge in [-0.2, -0.15) is 0 Å². The van der Waals surface area contributed by atoms with E-state index in [2.05, 4.69) is 20.6 Å². The van der Waals surface area contributed by atoms with Crippen LogP contribution in [0.25, 0.3) is 5.69 Å². The highest BCUT2D eigenvalue weighted by atomic mass is 32.1. The van der Waals surface area contributed by atoms with E-state index in [0.717, 1.165) is 5.69 Å². The molecule has 2 aromatic heterocycles. The largest absolute Gasteiger partial charge is 0.479 e. The summed E-state index contributed by atoms with van der Waals surface area (Å²) < 4.78 is 17.2. The van der Waals surface area contributed by atoms with Gasteiger partial charge in [-0.15, -0.1) is 16.4 Å². The van der Waals surface area contributed by atoms with Gasteiger partial charge in [-0.3, -0.25) is 9.59 Å². The number of ketones is 1. The lowest BCUT2D eigenvalue weighted by molar-refractivity contribution is -0.138. The Bertz CT molecular complexity index is 1230. The number of carboxylic acids is 1. The number of aliphatic carboxylic acids is 1. The molecule has 1 aromatic carbocycles. The summed E-state index contributed by atoms with van der Waals surface area (Å²) >= 11 is 1.39. The molecule has 0 saturated carbocycles. The number of nitrogens with zero attached hydrogens (tertiary/aromatic N) is 4. The summed E-state index contributed by atoms with van der Waals surface area (Å²) in [7, 11) is 0. The van der Waals surface area contributed by atoms with Crippen molar-refractivity contribution in [3.63, 3.8) is 0 Å². The molecule has 4 heterocycles. The molecule has 1 amide bonds. The van der Waals surface area contributed by atoms with Crippen molar-refractivity contribution in [1.82, 2.24) is 25.3 Å². The van der Waals surface area contributed by atoms with Crippen LogP contribution in [-0.4, -0.2) is 61.7 Å². The van der Waals surface area contributed by atoms with Crippen LogP contribution in [0, 0.1) is 5.92 Å². The van der Waals surface area contributed by atoms with E-state index in [1.807, 2.05) is 6.07 Å². The number of carbonyl (C=O) groups is 3. The molecule has 3 atom stereocenters. The summed E-state index contributed by atoms with van der Waals surface area (Å²) in [5.41, 5.74) is 3.56. The number of carboxylic acid groups (broad SMARTS) is 1. The maximum absolute atomic E-state index is 12.9. The van der Waals surface area contributed by atoms with Crippen molar-refractivity contribution in [3.8, 4) is 17.2 Å². The third kappa shape index (κ3) is 4.75. The summed E-state index contributed by atoms with van der Waals surface area (Å²) in [4.78, 5) is 40.5. The highest BCUT2D eigenvalue weighted by Crippen LogP contribution is 2.33. The number of amides is 1. The van der Waals surface area contributed by atoms with Crippen LogP contribution >= 0.6 is 11.3 Å². The number of thiazole rings is 1. The van der Waals surface area contributed by atoms with Crippen molar-refractivity contribution in [1.29, 1.82) is 0 Å². The molecule has 13 heteroatoms. The average Bonchev–Trinajstić information content (AvgIpc) is 3.18. The van der Waals surface area contributed by atoms with E-state index < -0.39 is 29.9 Å². The van der Waals surface area contributed by atoms with E-state index in [-0.39, 0.29) is 32.1 Å². The van der Waals surface area contributed by atoms with Crippen LogP contribution in [0.2, 0.25) is 0 Å². The Morgan fingerprint density at radius 2 is 2.06 bits per heavy atom. The van der Waals surface area contributed by atoms with Gasteiger partial charge in [0.2, 0.25) is 12.7 Å². The first-order valence-corrected chi connectivity index (χ1v) is 11.3. The third-order valence-corrected chi connectivity index (χ3v) is 6.05. The van der Waals surface area contributed by atoms with Crippen molar-refractivity contribution in [2.45, 2.75) is 31.6 Å². The molecular formula is C21H19N5O7S. The summed E-state index contributed by atoms with van der Waals surface area (Å²) in [5, 5.41) is 21.7. The van der Waals surface area contributed by atoms with Crippen LogP contribution in [0.1, 0.15) is 17.8 Å². The molecule has 0 aliphatic carbocycles. The molecule has 34 heavy (non-hydrogen) atoms. The normalized spacial score (nSPS) is 18.9. The number of hydrogen-bond donors (Lipinski definition) is 2. The van der Waals surface area contributed by atoms with Gasteiger partial charge < -0.3 is 24.6 Å². The predicted molar refractivity (Wildman–Crippen MR) is 115 cm³/mol. The summed E-state index contributed by atoms with van der Waals surface area (Å²) in [5.74, 6) is -1.44. The van der Waals surface area contributed by atoms with Crippen molar-refractivity contribution >= 4 is 29.0 Å². The fraction of sp³-hybridized carbons (Fsp3) is 0.333. The quantitative estimate of drug-likeness (QED) is 0.392. The van der Waals surface area contributed by atoms with Gasteiger partial charge in [0.25, 0.3) is 0 Å². The molecular weight excluding hydrogens is 466 g/mol. The van der Waals surface area contributed by atoms with Crippen molar-refractivity contribution in [3.05, 3.63) is 46.7 Å². The Hall–Kier alpha value is -3.84. The number of fused-ring (bicyclic) bond motifs is 1. The minimum atomic E-state index is -1.19. The van der Waals surface area contributed by atoms with Crippen LogP contribution < -0.4 is 14.8 Å². The fourth-order valence-electron chi connectivity index (χ4n) is 3.61. The molecule has 12 nitrogen and oxygen atoms in total. The number of nitrogens with one attached hydrogen (secondary N) is 1. The van der Waals surface area contributed by atoms with E-state index in [1.165, 1.54) is 11.3 Å². The van der Waals surface area contributed by atoms with E-state index in [0.29, 0.717) is 22.9 Å². The second-order valence-electron chi connectivity index (χ2n) is 7.78. The minimum absolute atomic E-state index is 0.100. The van der Waals surface area contributed by atoms with Gasteiger partial charge >= 0.3 is 5.97 Å². The molecule has 0 unspecified atom stereocenters. The van der Waals surface area contributed by atoms with Gasteiger partial charge in [0.15, 0.2) is 29.5 Å². The highest BCUT2D eigenvalue weighted by Gasteiger charge is 2.50. The Labute approximate surface area is 196 Å². The number of carbonyl (C=O) groups excluding carboxylic acids is 2. The van der Waals surface area contributed by atoms with Crippen LogP contribution in [0.15, 0.2) is 35.3 Å². The predicted octanol–water partition coefficient (Wildman–Crippen LogP) is 0.739. The van der Waals surface area contributed by atoms with E-state index in [9.17, 15) is 14.4 Å². The molecule has 2 aliphatic heterocycles. The molecule has 176 valence electrons. The summed E-state index contributed by atoms with van der Waals surface area (Å²) in [6.07, 6.45) is -0.378. The number of aromatic nitrogens is 4. The maximum atomic E-state index is 12.9. The van der Waals surface area contributed by atoms with Crippen molar-refractivity contribution < 1.29 is 33.7 Å². The first kappa shape index (κ1) is 22.0. The minimum Gasteiger partial charge on any atom is -0.479 e. The number of hydrogen-bond acceptors (Lipinski definition) is 10. The lowest BCUT2D eigenvalue weighted by Gasteiger charge is -2.14. The zero-order valence-electron chi connectivity index (χ0n) is 17.6.